The number of aromatic carboxylic acids is 1. The summed E-state index contributed by atoms with van der Waals surface area (Å²) in [6, 6.07) is 13.3. The number of phenolic OH excluding ortho intramolecular Hbond substituents is 2. The van der Waals surface area contributed by atoms with Crippen LogP contribution in [0.5, 0.6) is 23.0 Å². The lowest BCUT2D eigenvalue weighted by molar-refractivity contribution is 0.0222. The summed E-state index contributed by atoms with van der Waals surface area (Å²) in [7, 11) is 0. The van der Waals surface area contributed by atoms with Crippen molar-refractivity contribution in [2.24, 2.45) is 0 Å². The number of rotatable bonds is 1. The molecule has 6 rings (SSSR count). The second-order valence-corrected chi connectivity index (χ2v) is 7.38. The van der Waals surface area contributed by atoms with E-state index >= 15 is 0 Å². The Bertz CT molecular complexity index is 1320. The number of fused-ring (bicyclic) bond motifs is 6. The molecule has 0 saturated heterocycles. The van der Waals surface area contributed by atoms with E-state index in [0.717, 1.165) is 0 Å². The minimum Gasteiger partial charge on any atom is -0.508 e. The third-order valence-corrected chi connectivity index (χ3v) is 5.46. The molecular formula is C25H16O9. The molecule has 0 aromatic heterocycles. The monoisotopic (exact) mass is 460 g/mol. The number of carbonyl (C=O) groups excluding carboxylic acids is 1. The van der Waals surface area contributed by atoms with E-state index in [0.29, 0.717) is 16.7 Å². The molecule has 170 valence electrons. The lowest BCUT2D eigenvalue weighted by atomic mass is 9.77. The standard InChI is InChI=1S/C21H12O7.C4H4O2/c22-10-4-6-13-16(8-10)27-17-9-11(23)5-7-14(17)21(13)15-3-1-2-12(19(24)25)18(15)20(26)28-21;1-2-6-4-3-5-1/h1-9,22-23H,(H,24,25);1-4H. The van der Waals surface area contributed by atoms with E-state index in [2.05, 4.69) is 9.47 Å². The molecule has 9 nitrogen and oxygen atoms in total. The van der Waals surface area contributed by atoms with E-state index in [1.54, 1.807) is 24.3 Å². The highest BCUT2D eigenvalue weighted by Crippen LogP contribution is 2.57. The fraction of sp³-hybridized carbons (Fsp3) is 0.0400. The molecule has 34 heavy (non-hydrogen) atoms. The van der Waals surface area contributed by atoms with Gasteiger partial charge in [0.25, 0.3) is 0 Å². The molecule has 0 bridgehead atoms. The first kappa shape index (κ1) is 21.0. The van der Waals surface area contributed by atoms with Crippen molar-refractivity contribution in [1.82, 2.24) is 0 Å². The predicted molar refractivity (Wildman–Crippen MR) is 115 cm³/mol. The smallest absolute Gasteiger partial charge is 0.341 e. The second-order valence-electron chi connectivity index (χ2n) is 7.38. The van der Waals surface area contributed by atoms with Gasteiger partial charge in [-0.2, -0.15) is 0 Å². The van der Waals surface area contributed by atoms with Crippen molar-refractivity contribution in [3.8, 4) is 23.0 Å². The number of aromatic hydroxyl groups is 2. The molecule has 3 aromatic carbocycles. The summed E-state index contributed by atoms with van der Waals surface area (Å²) in [5, 5.41) is 29.3. The summed E-state index contributed by atoms with van der Waals surface area (Å²) < 4.78 is 20.8. The number of carboxylic acids is 1. The van der Waals surface area contributed by atoms with E-state index in [9.17, 15) is 24.9 Å². The fourth-order valence-electron chi connectivity index (χ4n) is 4.14. The summed E-state index contributed by atoms with van der Waals surface area (Å²) in [6.07, 6.45) is 5.83. The van der Waals surface area contributed by atoms with Gasteiger partial charge in [0.2, 0.25) is 0 Å². The molecule has 0 amide bonds. The fourth-order valence-corrected chi connectivity index (χ4v) is 4.14. The highest BCUT2D eigenvalue weighted by Gasteiger charge is 2.54. The average Bonchev–Trinajstić information content (AvgIpc) is 3.13. The van der Waals surface area contributed by atoms with E-state index in [1.165, 1.54) is 55.4 Å². The van der Waals surface area contributed by atoms with E-state index in [4.69, 9.17) is 9.47 Å². The zero-order valence-electron chi connectivity index (χ0n) is 17.3. The molecule has 9 heteroatoms. The van der Waals surface area contributed by atoms with Crippen molar-refractivity contribution in [2.75, 3.05) is 0 Å². The lowest BCUT2D eigenvalue weighted by Gasteiger charge is -2.36. The van der Waals surface area contributed by atoms with Gasteiger partial charge in [-0.3, -0.25) is 0 Å². The van der Waals surface area contributed by atoms with Crippen LogP contribution in [0.3, 0.4) is 0 Å². The van der Waals surface area contributed by atoms with Crippen LogP contribution in [0, 0.1) is 0 Å². The maximum Gasteiger partial charge on any atom is 0.341 e. The van der Waals surface area contributed by atoms with Crippen LogP contribution < -0.4 is 4.74 Å². The topological polar surface area (TPSA) is 132 Å². The zero-order chi connectivity index (χ0) is 23.9. The average molecular weight is 460 g/mol. The van der Waals surface area contributed by atoms with Crippen molar-refractivity contribution < 1.29 is 43.9 Å². The van der Waals surface area contributed by atoms with Crippen molar-refractivity contribution in [1.29, 1.82) is 0 Å². The molecular weight excluding hydrogens is 444 g/mol. The van der Waals surface area contributed by atoms with Gasteiger partial charge in [-0.15, -0.1) is 0 Å². The van der Waals surface area contributed by atoms with E-state index < -0.39 is 17.5 Å². The van der Waals surface area contributed by atoms with Gasteiger partial charge < -0.3 is 34.3 Å². The minimum absolute atomic E-state index is 0.0325. The number of hydrogen-bond acceptors (Lipinski definition) is 8. The molecule has 0 atom stereocenters. The Balaban J connectivity index is 0.000000351. The number of hydrogen-bond donors (Lipinski definition) is 3. The Labute approximate surface area is 192 Å². The molecule has 3 heterocycles. The maximum atomic E-state index is 12.8. The van der Waals surface area contributed by atoms with Crippen molar-refractivity contribution in [3.63, 3.8) is 0 Å². The summed E-state index contributed by atoms with van der Waals surface area (Å²) in [6.45, 7) is 0. The summed E-state index contributed by atoms with van der Waals surface area (Å²) in [4.78, 5) is 24.5. The van der Waals surface area contributed by atoms with Crippen LogP contribution in [0.1, 0.15) is 37.4 Å². The quantitative estimate of drug-likeness (QED) is 0.454. The first-order valence-electron chi connectivity index (χ1n) is 9.98. The van der Waals surface area contributed by atoms with Gasteiger partial charge in [0, 0.05) is 28.8 Å². The molecule has 1 spiro atoms. The van der Waals surface area contributed by atoms with Gasteiger partial charge in [0.1, 0.15) is 48.0 Å². The maximum absolute atomic E-state index is 12.8. The SMILES string of the molecule is C1=COC=CO1.O=C(O)c1cccc2c1C(=O)OC21c2ccc(O)cc2Oc2cc(O)ccc21. The normalized spacial score (nSPS) is 15.4. The van der Waals surface area contributed by atoms with Crippen molar-refractivity contribution in [2.45, 2.75) is 5.60 Å². The third-order valence-electron chi connectivity index (χ3n) is 5.46. The van der Waals surface area contributed by atoms with Gasteiger partial charge in [0.05, 0.1) is 11.1 Å². The van der Waals surface area contributed by atoms with E-state index in [1.807, 2.05) is 0 Å². The number of carboxylic acid groups (broad SMARTS) is 1. The van der Waals surface area contributed by atoms with Crippen molar-refractivity contribution in [3.05, 3.63) is 107 Å². The Hall–Kier alpha value is -4.92. The van der Waals surface area contributed by atoms with Gasteiger partial charge in [-0.25, -0.2) is 9.59 Å². The van der Waals surface area contributed by atoms with E-state index in [-0.39, 0.29) is 34.1 Å². The van der Waals surface area contributed by atoms with Crippen molar-refractivity contribution >= 4 is 11.9 Å². The molecule has 0 saturated carbocycles. The number of esters is 1. The Morgan fingerprint density at radius 2 is 1.32 bits per heavy atom. The predicted octanol–water partition coefficient (Wildman–Crippen LogP) is 4.34. The molecule has 3 aliphatic rings. The molecule has 3 aromatic rings. The minimum atomic E-state index is -1.46. The first-order valence-corrected chi connectivity index (χ1v) is 9.98. The van der Waals surface area contributed by atoms with Gasteiger partial charge >= 0.3 is 11.9 Å². The van der Waals surface area contributed by atoms with Crippen LogP contribution >= 0.6 is 0 Å². The molecule has 0 aliphatic carbocycles. The van der Waals surface area contributed by atoms with Crippen LogP contribution in [0.2, 0.25) is 0 Å². The van der Waals surface area contributed by atoms with Crippen LogP contribution in [-0.4, -0.2) is 27.3 Å². The van der Waals surface area contributed by atoms with Crippen LogP contribution in [0.25, 0.3) is 0 Å². The molecule has 0 radical (unpaired) electrons. The van der Waals surface area contributed by atoms with Gasteiger partial charge in [0.15, 0.2) is 5.60 Å². The number of benzene rings is 3. The van der Waals surface area contributed by atoms with Crippen LogP contribution in [-0.2, 0) is 19.8 Å². The van der Waals surface area contributed by atoms with Gasteiger partial charge in [-0.05, 0) is 30.3 Å². The molecule has 0 fully saturated rings. The highest BCUT2D eigenvalue weighted by molar-refractivity contribution is 6.06. The largest absolute Gasteiger partial charge is 0.508 e. The van der Waals surface area contributed by atoms with Crippen LogP contribution in [0.15, 0.2) is 79.6 Å². The highest BCUT2D eigenvalue weighted by atomic mass is 16.6. The summed E-state index contributed by atoms with van der Waals surface area (Å²) >= 11 is 0. The molecule has 0 unspecified atom stereocenters. The first-order chi connectivity index (χ1) is 16.4. The zero-order valence-corrected chi connectivity index (χ0v) is 17.3. The Morgan fingerprint density at radius 1 is 0.765 bits per heavy atom. The molecule has 3 N–H and O–H groups in total. The Kier molecular flexibility index (Phi) is 4.86. The summed E-state index contributed by atoms with van der Waals surface area (Å²) in [5.41, 5.74) is -0.403. The third kappa shape index (κ3) is 3.18. The lowest BCUT2D eigenvalue weighted by Crippen LogP contribution is -2.32. The van der Waals surface area contributed by atoms with Gasteiger partial charge in [-0.1, -0.05) is 12.1 Å². The molecule has 3 aliphatic heterocycles. The number of phenols is 2. The second kappa shape index (κ2) is 7.89. The number of carbonyl (C=O) groups is 2. The Morgan fingerprint density at radius 3 is 1.82 bits per heavy atom. The van der Waals surface area contributed by atoms with Crippen LogP contribution in [0.4, 0.5) is 0 Å². The summed E-state index contributed by atoms with van der Waals surface area (Å²) in [5.74, 6) is -1.65. The number of ether oxygens (including phenoxy) is 4.